The number of rotatable bonds is 5. The molecule has 0 spiro atoms. The predicted octanol–water partition coefficient (Wildman–Crippen LogP) is 2.54. The van der Waals surface area contributed by atoms with Gasteiger partial charge in [0.05, 0.1) is 11.7 Å². The van der Waals surface area contributed by atoms with Crippen LogP contribution in [0.4, 0.5) is 13.2 Å². The van der Waals surface area contributed by atoms with Crippen molar-refractivity contribution in [2.45, 2.75) is 24.8 Å². The number of halogens is 4. The van der Waals surface area contributed by atoms with Gasteiger partial charge in [-0.25, -0.2) is 0 Å². The number of benzene rings is 1. The minimum Gasteiger partial charge on any atom is -0.390 e. The van der Waals surface area contributed by atoms with Gasteiger partial charge in [0.15, 0.2) is 0 Å². The Morgan fingerprint density at radius 2 is 1.95 bits per heavy atom. The Kier molecular flexibility index (Phi) is 5.34. The fraction of sp³-hybridized carbons (Fsp3) is 0.417. The molecule has 0 aliphatic heterocycles. The summed E-state index contributed by atoms with van der Waals surface area (Å²) in [7, 11) is 0. The number of aliphatic hydroxyl groups excluding tert-OH is 2. The van der Waals surface area contributed by atoms with E-state index < -0.39 is 29.5 Å². The third kappa shape index (κ3) is 3.92. The van der Waals surface area contributed by atoms with Crippen molar-refractivity contribution in [2.75, 3.05) is 5.88 Å². The largest absolute Gasteiger partial charge is 0.416 e. The topological polar surface area (TPSA) is 57.5 Å². The maximum Gasteiger partial charge on any atom is 0.416 e. The first-order valence-electron chi connectivity index (χ1n) is 5.39. The summed E-state index contributed by atoms with van der Waals surface area (Å²) in [6.07, 6.45) is -7.61. The van der Waals surface area contributed by atoms with Crippen LogP contribution >= 0.6 is 11.6 Å². The van der Waals surface area contributed by atoms with Gasteiger partial charge in [0.1, 0.15) is 12.4 Å². The van der Waals surface area contributed by atoms with Crippen LogP contribution in [0.2, 0.25) is 0 Å². The molecule has 0 aromatic heterocycles. The van der Waals surface area contributed by atoms with Crippen LogP contribution in [0.3, 0.4) is 0 Å². The summed E-state index contributed by atoms with van der Waals surface area (Å²) in [5.41, 5.74) is -1.77. The van der Waals surface area contributed by atoms with Crippen molar-refractivity contribution >= 4 is 17.9 Å². The Morgan fingerprint density at radius 3 is 2.42 bits per heavy atom. The molecule has 106 valence electrons. The van der Waals surface area contributed by atoms with Gasteiger partial charge in [0.2, 0.25) is 0 Å². The quantitative estimate of drug-likeness (QED) is 0.648. The fourth-order valence-electron chi connectivity index (χ4n) is 1.63. The maximum absolute atomic E-state index is 12.8. The minimum atomic E-state index is -4.73. The lowest BCUT2D eigenvalue weighted by Gasteiger charge is -2.21. The second-order valence-electron chi connectivity index (χ2n) is 3.95. The average molecular weight is 297 g/mol. The third-order valence-corrected chi connectivity index (χ3v) is 2.83. The molecule has 0 fully saturated rings. The van der Waals surface area contributed by atoms with E-state index in [0.717, 1.165) is 12.1 Å². The molecular weight excluding hydrogens is 285 g/mol. The van der Waals surface area contributed by atoms with Crippen LogP contribution in [0, 0.1) is 0 Å². The molecule has 19 heavy (non-hydrogen) atoms. The van der Waals surface area contributed by atoms with Gasteiger partial charge >= 0.3 is 6.18 Å². The molecule has 0 bridgehead atoms. The number of carbonyl (C=O) groups is 1. The van der Waals surface area contributed by atoms with Crippen LogP contribution in [0.1, 0.15) is 34.0 Å². The van der Waals surface area contributed by atoms with Gasteiger partial charge in [-0.3, -0.25) is 4.79 Å². The normalized spacial score (nSPS) is 15.1. The molecule has 0 saturated heterocycles. The summed E-state index contributed by atoms with van der Waals surface area (Å²) in [5, 5.41) is 19.2. The van der Waals surface area contributed by atoms with Crippen LogP contribution < -0.4 is 0 Å². The summed E-state index contributed by atoms with van der Waals surface area (Å²) in [6.45, 7) is 0. The first-order chi connectivity index (χ1) is 8.81. The van der Waals surface area contributed by atoms with Gasteiger partial charge in [-0.15, -0.1) is 11.6 Å². The van der Waals surface area contributed by atoms with E-state index >= 15 is 0 Å². The van der Waals surface area contributed by atoms with E-state index in [0.29, 0.717) is 6.07 Å². The van der Waals surface area contributed by atoms with Crippen LogP contribution in [-0.4, -0.2) is 28.5 Å². The average Bonchev–Trinajstić information content (AvgIpc) is 2.36. The molecule has 3 nitrogen and oxygen atoms in total. The van der Waals surface area contributed by atoms with E-state index in [9.17, 15) is 28.2 Å². The number of alkyl halides is 4. The van der Waals surface area contributed by atoms with Crippen LogP contribution in [-0.2, 0) is 6.18 Å². The van der Waals surface area contributed by atoms with Crippen molar-refractivity contribution in [3.05, 3.63) is 34.9 Å². The van der Waals surface area contributed by atoms with Gasteiger partial charge in [-0.2, -0.15) is 13.2 Å². The zero-order valence-corrected chi connectivity index (χ0v) is 10.4. The van der Waals surface area contributed by atoms with Crippen molar-refractivity contribution < 1.29 is 28.2 Å². The Morgan fingerprint density at radius 1 is 1.32 bits per heavy atom. The second kappa shape index (κ2) is 6.36. The highest BCUT2D eigenvalue weighted by molar-refractivity contribution is 6.17. The van der Waals surface area contributed by atoms with Gasteiger partial charge < -0.3 is 10.2 Å². The smallest absolute Gasteiger partial charge is 0.390 e. The van der Waals surface area contributed by atoms with Crippen LogP contribution in [0.5, 0.6) is 0 Å². The molecule has 0 saturated carbocycles. The molecule has 0 radical (unpaired) electrons. The van der Waals surface area contributed by atoms with Gasteiger partial charge in [0, 0.05) is 11.4 Å². The first kappa shape index (κ1) is 15.9. The monoisotopic (exact) mass is 296 g/mol. The van der Waals surface area contributed by atoms with Crippen molar-refractivity contribution in [2.24, 2.45) is 0 Å². The molecule has 0 heterocycles. The highest BCUT2D eigenvalue weighted by Gasteiger charge is 2.36. The summed E-state index contributed by atoms with van der Waals surface area (Å²) in [5.74, 6) is 0.00595. The van der Waals surface area contributed by atoms with Crippen molar-refractivity contribution in [1.82, 2.24) is 0 Å². The first-order valence-corrected chi connectivity index (χ1v) is 5.93. The number of aldehydes is 1. The molecule has 2 N–H and O–H groups in total. The lowest BCUT2D eigenvalue weighted by molar-refractivity contribution is -0.140. The maximum atomic E-state index is 12.8. The summed E-state index contributed by atoms with van der Waals surface area (Å²) < 4.78 is 38.5. The zero-order valence-electron chi connectivity index (χ0n) is 9.69. The number of hydrogen-bond acceptors (Lipinski definition) is 3. The molecule has 1 rings (SSSR count). The number of carbonyl (C=O) groups excluding carboxylic acids is 1. The van der Waals surface area contributed by atoms with Crippen molar-refractivity contribution in [3.8, 4) is 0 Å². The molecule has 2 unspecified atom stereocenters. The van der Waals surface area contributed by atoms with E-state index in [1.54, 1.807) is 0 Å². The highest BCUT2D eigenvalue weighted by atomic mass is 35.5. The zero-order chi connectivity index (χ0) is 14.6. The van der Waals surface area contributed by atoms with Crippen molar-refractivity contribution in [1.29, 1.82) is 0 Å². The molecular formula is C12H12ClF3O3. The van der Waals surface area contributed by atoms with E-state index in [1.807, 2.05) is 0 Å². The minimum absolute atomic E-state index is 0.00595. The molecule has 0 aliphatic carbocycles. The number of hydrogen-bond donors (Lipinski definition) is 2. The Labute approximate surface area is 112 Å². The Bertz CT molecular complexity index is 448. The molecule has 1 aromatic carbocycles. The summed E-state index contributed by atoms with van der Waals surface area (Å²) in [6, 6.07) is 2.77. The summed E-state index contributed by atoms with van der Waals surface area (Å²) >= 11 is 5.37. The van der Waals surface area contributed by atoms with E-state index in [-0.39, 0.29) is 24.2 Å². The fourth-order valence-corrected chi connectivity index (χ4v) is 1.85. The summed E-state index contributed by atoms with van der Waals surface area (Å²) in [4.78, 5) is 10.5. The molecule has 0 aliphatic rings. The van der Waals surface area contributed by atoms with Gasteiger partial charge in [-0.1, -0.05) is 12.1 Å². The lowest BCUT2D eigenvalue weighted by Crippen LogP contribution is -2.22. The standard InChI is InChI=1S/C12H12ClF3O3/c13-4-3-10(18)11(19)8-2-1-7(6-17)5-9(8)12(14,15)16/h1-2,5-6,10-11,18-19H,3-4H2. The Balaban J connectivity index is 3.23. The highest BCUT2D eigenvalue weighted by Crippen LogP contribution is 2.36. The van der Waals surface area contributed by atoms with Gasteiger partial charge in [0.25, 0.3) is 0 Å². The SMILES string of the molecule is O=Cc1ccc(C(O)C(O)CCCl)c(C(F)(F)F)c1. The molecule has 7 heteroatoms. The molecule has 2 atom stereocenters. The second-order valence-corrected chi connectivity index (χ2v) is 4.33. The molecule has 0 amide bonds. The third-order valence-electron chi connectivity index (χ3n) is 2.61. The predicted molar refractivity (Wildman–Crippen MR) is 63.1 cm³/mol. The van der Waals surface area contributed by atoms with E-state index in [2.05, 4.69) is 0 Å². The van der Waals surface area contributed by atoms with Crippen molar-refractivity contribution in [3.63, 3.8) is 0 Å². The lowest BCUT2D eigenvalue weighted by atomic mass is 9.95. The van der Waals surface area contributed by atoms with E-state index in [1.165, 1.54) is 0 Å². The Hall–Kier alpha value is -1.11. The molecule has 1 aromatic rings. The van der Waals surface area contributed by atoms with Crippen LogP contribution in [0.25, 0.3) is 0 Å². The number of aliphatic hydroxyl groups is 2. The van der Waals surface area contributed by atoms with E-state index in [4.69, 9.17) is 11.6 Å². The van der Waals surface area contributed by atoms with Gasteiger partial charge in [-0.05, 0) is 18.1 Å². The van der Waals surface area contributed by atoms with Crippen LogP contribution in [0.15, 0.2) is 18.2 Å².